The number of carboxylic acids is 1. The third kappa shape index (κ3) is 15.1. The first-order chi connectivity index (χ1) is 22.7. The summed E-state index contributed by atoms with van der Waals surface area (Å²) in [6.07, 6.45) is 8.62. The molecule has 1 saturated carbocycles. The van der Waals surface area contributed by atoms with Crippen molar-refractivity contribution in [1.82, 2.24) is 14.8 Å². The number of nitrogens with zero attached hydrogens (tertiary/aromatic N) is 3. The van der Waals surface area contributed by atoms with Crippen LogP contribution in [0.15, 0.2) is 54.7 Å². The molecule has 8 nitrogen and oxygen atoms in total. The Morgan fingerprint density at radius 3 is 2.31 bits per heavy atom. The summed E-state index contributed by atoms with van der Waals surface area (Å²) >= 11 is 0. The Morgan fingerprint density at radius 1 is 1.04 bits per heavy atom. The van der Waals surface area contributed by atoms with Crippen LogP contribution in [0.1, 0.15) is 67.8 Å². The number of halogens is 3. The number of carbonyl (C=O) groups excluding carboxylic acids is 1. The number of alkyl halides is 3. The Bertz CT molecular complexity index is 1410. The molecule has 3 N–H and O–H groups in total. The van der Waals surface area contributed by atoms with Crippen LogP contribution in [0.4, 0.5) is 13.2 Å². The van der Waals surface area contributed by atoms with Crippen LogP contribution in [0.25, 0.3) is 10.8 Å². The monoisotopic (exact) mass is 674 g/mol. The van der Waals surface area contributed by atoms with Crippen molar-refractivity contribution in [2.24, 2.45) is 11.1 Å². The number of rotatable bonds is 7. The Labute approximate surface area is 283 Å². The van der Waals surface area contributed by atoms with Crippen molar-refractivity contribution < 1.29 is 32.6 Å². The number of benzene rings is 2. The van der Waals surface area contributed by atoms with Crippen molar-refractivity contribution in [2.45, 2.75) is 77.9 Å². The number of carboxylic acid groups (broad SMARTS) is 1. The number of fused-ring (bicyclic) bond motifs is 1. The molecule has 266 valence electrons. The second-order valence-corrected chi connectivity index (χ2v) is 13.1. The Hall–Kier alpha value is -3.54. The number of carbonyl (C=O) groups is 2. The summed E-state index contributed by atoms with van der Waals surface area (Å²) in [6.45, 7) is 4.23. The van der Waals surface area contributed by atoms with Crippen LogP contribution in [0.3, 0.4) is 0 Å². The number of hydrogen-bond donors (Lipinski definition) is 2. The van der Waals surface area contributed by atoms with Gasteiger partial charge in [0.1, 0.15) is 0 Å². The molecule has 2 unspecified atom stereocenters. The summed E-state index contributed by atoms with van der Waals surface area (Å²) in [5, 5.41) is 11.2. The molecule has 0 radical (unpaired) electrons. The first-order valence-electron chi connectivity index (χ1n) is 16.5. The van der Waals surface area contributed by atoms with Crippen molar-refractivity contribution in [3.05, 3.63) is 77.1 Å². The molecule has 11 heteroatoms. The molecule has 48 heavy (non-hydrogen) atoms. The second-order valence-electron chi connectivity index (χ2n) is 13.1. The fourth-order valence-corrected chi connectivity index (χ4v) is 5.88. The lowest BCUT2D eigenvalue weighted by Gasteiger charge is -2.34. The maximum absolute atomic E-state index is 11.5. The molecule has 2 fully saturated rings. The van der Waals surface area contributed by atoms with Crippen LogP contribution in [0, 0.1) is 12.3 Å². The average Bonchev–Trinajstić information content (AvgIpc) is 3.23. The van der Waals surface area contributed by atoms with Gasteiger partial charge in [-0.3, -0.25) is 19.5 Å². The number of pyridine rings is 1. The minimum atomic E-state index is -3.67. The van der Waals surface area contributed by atoms with Crippen molar-refractivity contribution >= 4 is 22.6 Å². The number of primary amides is 1. The number of amides is 1. The molecule has 1 aliphatic carbocycles. The largest absolute Gasteiger partial charge is 0.481 e. The van der Waals surface area contributed by atoms with Crippen molar-refractivity contribution in [3.8, 4) is 0 Å². The van der Waals surface area contributed by atoms with Crippen molar-refractivity contribution in [2.75, 3.05) is 47.4 Å². The summed E-state index contributed by atoms with van der Waals surface area (Å²) in [6, 6.07) is 17.2. The highest BCUT2D eigenvalue weighted by atomic mass is 19.4. The van der Waals surface area contributed by atoms with E-state index in [4.69, 9.17) is 15.6 Å². The van der Waals surface area contributed by atoms with E-state index in [1.54, 1.807) is 0 Å². The van der Waals surface area contributed by atoms with E-state index in [0.717, 1.165) is 75.2 Å². The van der Waals surface area contributed by atoms with E-state index in [0.29, 0.717) is 12.5 Å². The fraction of sp³-hybridized carbons (Fsp3) is 0.541. The molecule has 5 rings (SSSR count). The summed E-state index contributed by atoms with van der Waals surface area (Å²) < 4.78 is 34.4. The third-order valence-electron chi connectivity index (χ3n) is 8.45. The van der Waals surface area contributed by atoms with Gasteiger partial charge in [-0.1, -0.05) is 61.4 Å². The van der Waals surface area contributed by atoms with E-state index >= 15 is 0 Å². The SMILES string of the molecule is CC1(C(N)=O)CCCC(N2CCOCC2)CC1.CN(C)C.Cc1ccc2c(Cc3cccc(CCC(=O)O)c3)nccc2c1.FC(F)F. The molecule has 2 atom stereocenters. The van der Waals surface area contributed by atoms with Crippen LogP contribution in [0.2, 0.25) is 0 Å². The molecular formula is C37H53F3N4O4. The van der Waals surface area contributed by atoms with Gasteiger partial charge in [0.2, 0.25) is 5.91 Å². The van der Waals surface area contributed by atoms with Gasteiger partial charge in [0, 0.05) is 49.0 Å². The fourth-order valence-electron chi connectivity index (χ4n) is 5.88. The van der Waals surface area contributed by atoms with Gasteiger partial charge in [0.25, 0.3) is 0 Å². The van der Waals surface area contributed by atoms with Gasteiger partial charge >= 0.3 is 12.6 Å². The lowest BCUT2D eigenvalue weighted by molar-refractivity contribution is -0.137. The number of aromatic nitrogens is 1. The molecule has 2 aliphatic rings. The van der Waals surface area contributed by atoms with Gasteiger partial charge in [0.15, 0.2) is 0 Å². The molecule has 0 bridgehead atoms. The topological polar surface area (TPSA) is 109 Å². The van der Waals surface area contributed by atoms with E-state index < -0.39 is 12.6 Å². The van der Waals surface area contributed by atoms with E-state index in [9.17, 15) is 22.8 Å². The predicted molar refractivity (Wildman–Crippen MR) is 185 cm³/mol. The first-order valence-corrected chi connectivity index (χ1v) is 16.5. The van der Waals surface area contributed by atoms with Gasteiger partial charge in [-0.25, -0.2) is 0 Å². The number of morpholine rings is 1. The van der Waals surface area contributed by atoms with Gasteiger partial charge < -0.3 is 20.5 Å². The van der Waals surface area contributed by atoms with E-state index in [1.807, 2.05) is 57.4 Å². The summed E-state index contributed by atoms with van der Waals surface area (Å²) in [5.74, 6) is -0.887. The van der Waals surface area contributed by atoms with Crippen LogP contribution in [-0.2, 0) is 27.2 Å². The summed E-state index contributed by atoms with van der Waals surface area (Å²) in [5.41, 5.74) is 9.76. The molecule has 1 saturated heterocycles. The zero-order valence-electron chi connectivity index (χ0n) is 29.1. The quantitative estimate of drug-likeness (QED) is 0.270. The molecule has 1 amide bonds. The molecule has 1 aliphatic heterocycles. The van der Waals surface area contributed by atoms with Gasteiger partial charge in [-0.15, -0.1) is 0 Å². The Morgan fingerprint density at radius 2 is 1.69 bits per heavy atom. The third-order valence-corrected chi connectivity index (χ3v) is 8.45. The first kappa shape index (κ1) is 40.6. The van der Waals surface area contributed by atoms with E-state index in [2.05, 4.69) is 47.1 Å². The maximum Gasteiger partial charge on any atom is 0.379 e. The van der Waals surface area contributed by atoms with Crippen LogP contribution >= 0.6 is 0 Å². The number of nitrogens with two attached hydrogens (primary N) is 1. The highest BCUT2D eigenvalue weighted by molar-refractivity contribution is 5.85. The van der Waals surface area contributed by atoms with Gasteiger partial charge in [0.05, 0.1) is 18.9 Å². The van der Waals surface area contributed by atoms with Crippen molar-refractivity contribution in [1.29, 1.82) is 0 Å². The lowest BCUT2D eigenvalue weighted by atomic mass is 9.82. The predicted octanol–water partition coefficient (Wildman–Crippen LogP) is 6.65. The highest BCUT2D eigenvalue weighted by Gasteiger charge is 2.35. The number of ether oxygens (including phenoxy) is 1. The maximum atomic E-state index is 11.5. The van der Waals surface area contributed by atoms with Gasteiger partial charge in [-0.05, 0) is 82.8 Å². The average molecular weight is 675 g/mol. The highest BCUT2D eigenvalue weighted by Crippen LogP contribution is 2.36. The van der Waals surface area contributed by atoms with E-state index in [1.165, 1.54) is 22.8 Å². The molecular weight excluding hydrogens is 621 g/mol. The molecule has 1 aromatic heterocycles. The standard InChI is InChI=1S/C20H19NO2.C13H24N2O2.C3H9N.CHF3/c1-14-5-7-18-17(11-14)9-10-21-19(18)13-16-4-2-3-15(12-16)6-8-20(22)23;1-13(12(14)16)5-2-3-11(4-6-13)15-7-9-17-10-8-15;1-4(2)3;2-1(3)4/h2-5,7,9-12H,6,8,13H2,1H3,(H,22,23);11H,2-10H2,1H3,(H2,14,16);1-3H3;1H. The molecule has 0 spiro atoms. The van der Waals surface area contributed by atoms with Crippen LogP contribution < -0.4 is 5.73 Å². The number of hydrogen-bond acceptors (Lipinski definition) is 6. The van der Waals surface area contributed by atoms with Crippen molar-refractivity contribution in [3.63, 3.8) is 0 Å². The minimum absolute atomic E-state index is 0.125. The molecule has 2 heterocycles. The zero-order chi connectivity index (χ0) is 35.7. The molecule has 2 aromatic carbocycles. The van der Waals surface area contributed by atoms with Gasteiger partial charge in [-0.2, -0.15) is 13.2 Å². The molecule has 3 aromatic rings. The summed E-state index contributed by atoms with van der Waals surface area (Å²) in [7, 11) is 6.00. The summed E-state index contributed by atoms with van der Waals surface area (Å²) in [4.78, 5) is 31.3. The Kier molecular flexibility index (Phi) is 17.6. The number of aliphatic carboxylic acids is 1. The zero-order valence-corrected chi connectivity index (χ0v) is 29.1. The normalized spacial score (nSPS) is 19.6. The Balaban J connectivity index is 0.000000280. The smallest absolute Gasteiger partial charge is 0.379 e. The van der Waals surface area contributed by atoms with Crippen LogP contribution in [0.5, 0.6) is 0 Å². The number of aryl methyl sites for hydroxylation is 2. The second kappa shape index (κ2) is 20.7. The van der Waals surface area contributed by atoms with Crippen LogP contribution in [-0.4, -0.2) is 91.9 Å². The lowest BCUT2D eigenvalue weighted by Crippen LogP contribution is -2.43. The van der Waals surface area contributed by atoms with E-state index in [-0.39, 0.29) is 17.7 Å². The minimum Gasteiger partial charge on any atom is -0.481 e.